The first-order valence-electron chi connectivity index (χ1n) is 10.0. The van der Waals surface area contributed by atoms with E-state index in [1.807, 2.05) is 17.7 Å². The molecular weight excluding hydrogens is 525 g/mol. The second kappa shape index (κ2) is 10.9. The van der Waals surface area contributed by atoms with Crippen molar-refractivity contribution in [3.63, 3.8) is 0 Å². The van der Waals surface area contributed by atoms with Crippen LogP contribution in [0.3, 0.4) is 0 Å². The predicted octanol–water partition coefficient (Wildman–Crippen LogP) is 3.83. The molecule has 0 saturated carbocycles. The van der Waals surface area contributed by atoms with Gasteiger partial charge in [0.25, 0.3) is 0 Å². The molecule has 0 fully saturated rings. The van der Waals surface area contributed by atoms with Crippen molar-refractivity contribution in [2.24, 2.45) is 5.10 Å². The molecule has 0 aliphatic rings. The van der Waals surface area contributed by atoms with Crippen LogP contribution in [0.2, 0.25) is 5.02 Å². The van der Waals surface area contributed by atoms with Crippen molar-refractivity contribution in [2.45, 2.75) is 24.5 Å². The van der Waals surface area contributed by atoms with Gasteiger partial charge < -0.3 is 9.73 Å². The van der Waals surface area contributed by atoms with Crippen LogP contribution in [0.4, 0.5) is 18.9 Å². The molecule has 0 atom stereocenters. The fourth-order valence-electron chi connectivity index (χ4n) is 2.74. The highest BCUT2D eigenvalue weighted by Gasteiger charge is 2.33. The summed E-state index contributed by atoms with van der Waals surface area (Å²) in [5, 5.41) is 4.98. The molecule has 36 heavy (non-hydrogen) atoms. The van der Waals surface area contributed by atoms with E-state index in [0.717, 1.165) is 23.9 Å². The van der Waals surface area contributed by atoms with E-state index < -0.39 is 38.6 Å². The number of amides is 2. The number of carbonyl (C=O) groups is 2. The summed E-state index contributed by atoms with van der Waals surface area (Å²) in [5.74, 6) is -2.15. The van der Waals surface area contributed by atoms with Gasteiger partial charge in [-0.2, -0.15) is 18.3 Å². The predicted molar refractivity (Wildman–Crippen MR) is 125 cm³/mol. The fourth-order valence-corrected chi connectivity index (χ4v) is 3.96. The molecule has 0 aliphatic carbocycles. The van der Waals surface area contributed by atoms with Gasteiger partial charge in [0.1, 0.15) is 11.5 Å². The van der Waals surface area contributed by atoms with Crippen molar-refractivity contribution in [2.75, 3.05) is 5.32 Å². The average Bonchev–Trinajstić information content (AvgIpc) is 3.26. The normalized spacial score (nSPS) is 12.0. The second-order valence-electron chi connectivity index (χ2n) is 7.29. The lowest BCUT2D eigenvalue weighted by molar-refractivity contribution is -0.137. The maximum atomic E-state index is 12.9. The third-order valence-electron chi connectivity index (χ3n) is 4.54. The van der Waals surface area contributed by atoms with Crippen molar-refractivity contribution in [3.8, 4) is 0 Å². The SMILES string of the molecule is Cc1ccc(S(=O)(=O)NCc2ccc(/C=N/NC(=O)C(=O)Nc3ccc(Cl)c(C(F)(F)F)c3)o2)cc1. The highest BCUT2D eigenvalue weighted by molar-refractivity contribution is 7.89. The highest BCUT2D eigenvalue weighted by Crippen LogP contribution is 2.36. The zero-order chi connectivity index (χ0) is 26.5. The van der Waals surface area contributed by atoms with Gasteiger partial charge in [0.05, 0.1) is 28.2 Å². The lowest BCUT2D eigenvalue weighted by atomic mass is 10.2. The molecule has 0 bridgehead atoms. The number of sulfonamides is 1. The largest absolute Gasteiger partial charge is 0.459 e. The number of hydrogen-bond acceptors (Lipinski definition) is 6. The first-order valence-corrected chi connectivity index (χ1v) is 11.9. The topological polar surface area (TPSA) is 130 Å². The van der Waals surface area contributed by atoms with Gasteiger partial charge in [0, 0.05) is 5.69 Å². The number of rotatable bonds is 7. The van der Waals surface area contributed by atoms with Crippen LogP contribution in [0, 0.1) is 6.92 Å². The lowest BCUT2D eigenvalue weighted by Crippen LogP contribution is -2.32. The zero-order valence-corrected chi connectivity index (χ0v) is 20.0. The smallest absolute Gasteiger partial charge is 0.417 e. The molecule has 9 nitrogen and oxygen atoms in total. The van der Waals surface area contributed by atoms with Gasteiger partial charge >= 0.3 is 18.0 Å². The minimum absolute atomic E-state index is 0.0932. The number of anilines is 1. The summed E-state index contributed by atoms with van der Waals surface area (Å²) >= 11 is 5.51. The van der Waals surface area contributed by atoms with Crippen LogP contribution < -0.4 is 15.5 Å². The summed E-state index contributed by atoms with van der Waals surface area (Å²) in [6, 6.07) is 11.8. The Morgan fingerprint density at radius 2 is 1.75 bits per heavy atom. The lowest BCUT2D eigenvalue weighted by Gasteiger charge is -2.11. The summed E-state index contributed by atoms with van der Waals surface area (Å²) in [6.07, 6.45) is -3.69. The third kappa shape index (κ3) is 7.16. The number of nitrogens with zero attached hydrogens (tertiary/aromatic N) is 1. The Bertz CT molecular complexity index is 1400. The van der Waals surface area contributed by atoms with Gasteiger partial charge in [-0.15, -0.1) is 0 Å². The number of hydrazone groups is 1. The molecule has 1 aromatic heterocycles. The van der Waals surface area contributed by atoms with E-state index in [2.05, 4.69) is 9.82 Å². The minimum atomic E-state index is -4.74. The van der Waals surface area contributed by atoms with E-state index >= 15 is 0 Å². The van der Waals surface area contributed by atoms with E-state index in [1.165, 1.54) is 24.3 Å². The standard InChI is InChI=1S/C22H18ClF3N4O5S/c1-13-2-7-17(8-3-13)36(33,34)28-12-16-6-5-15(35-16)11-27-30-21(32)20(31)29-14-4-9-19(23)18(10-14)22(24,25)26/h2-11,28H,12H2,1H3,(H,29,31)(H,30,32)/b27-11+. The summed E-state index contributed by atoms with van der Waals surface area (Å²) in [4.78, 5) is 23.9. The summed E-state index contributed by atoms with van der Waals surface area (Å²) < 4.78 is 71.2. The molecule has 0 saturated heterocycles. The van der Waals surface area contributed by atoms with Crippen LogP contribution in [0.1, 0.15) is 22.6 Å². The molecule has 3 rings (SSSR count). The molecule has 0 aliphatic heterocycles. The Hall–Kier alpha value is -3.68. The number of halogens is 4. The van der Waals surface area contributed by atoms with Crippen molar-refractivity contribution < 1.29 is 35.6 Å². The number of nitrogens with one attached hydrogen (secondary N) is 3. The Labute approximate surface area is 208 Å². The van der Waals surface area contributed by atoms with Crippen molar-refractivity contribution in [1.29, 1.82) is 0 Å². The number of carbonyl (C=O) groups excluding carboxylic acids is 2. The molecule has 3 aromatic rings. The first-order chi connectivity index (χ1) is 16.8. The third-order valence-corrected chi connectivity index (χ3v) is 6.29. The summed E-state index contributed by atoms with van der Waals surface area (Å²) in [6.45, 7) is 1.68. The molecule has 0 unspecified atom stereocenters. The molecule has 2 aromatic carbocycles. The monoisotopic (exact) mass is 542 g/mol. The molecule has 0 spiro atoms. The van der Waals surface area contributed by atoms with E-state index in [9.17, 15) is 31.2 Å². The van der Waals surface area contributed by atoms with Crippen molar-refractivity contribution in [1.82, 2.24) is 10.1 Å². The molecule has 14 heteroatoms. The number of aryl methyl sites for hydroxylation is 1. The van der Waals surface area contributed by atoms with Crippen LogP contribution in [-0.4, -0.2) is 26.4 Å². The van der Waals surface area contributed by atoms with Crippen LogP contribution in [0.15, 0.2) is 69.0 Å². The van der Waals surface area contributed by atoms with Crippen LogP contribution in [-0.2, 0) is 32.3 Å². The van der Waals surface area contributed by atoms with E-state index in [1.54, 1.807) is 12.1 Å². The average molecular weight is 543 g/mol. The second-order valence-corrected chi connectivity index (χ2v) is 9.46. The molecule has 2 amide bonds. The van der Waals surface area contributed by atoms with Gasteiger partial charge in [0.15, 0.2) is 0 Å². The fraction of sp³-hybridized carbons (Fsp3) is 0.136. The van der Waals surface area contributed by atoms with Gasteiger partial charge in [0.2, 0.25) is 10.0 Å². The Kier molecular flexibility index (Phi) is 8.17. The number of alkyl halides is 3. The summed E-state index contributed by atoms with van der Waals surface area (Å²) in [5.41, 5.74) is 1.35. The number of furan rings is 1. The molecular formula is C22H18ClF3N4O5S. The molecule has 1 heterocycles. The Balaban J connectivity index is 1.53. The maximum absolute atomic E-state index is 12.9. The van der Waals surface area contributed by atoms with Crippen LogP contribution in [0.5, 0.6) is 0 Å². The molecule has 0 radical (unpaired) electrons. The molecule has 3 N–H and O–H groups in total. The van der Waals surface area contributed by atoms with Crippen LogP contribution >= 0.6 is 11.6 Å². The first kappa shape index (κ1) is 26.9. The Morgan fingerprint density at radius 1 is 1.06 bits per heavy atom. The zero-order valence-electron chi connectivity index (χ0n) is 18.4. The number of benzene rings is 2. The van der Waals surface area contributed by atoms with Gasteiger partial charge in [-0.05, 0) is 49.4 Å². The van der Waals surface area contributed by atoms with E-state index in [0.29, 0.717) is 6.07 Å². The number of hydrogen-bond donors (Lipinski definition) is 3. The van der Waals surface area contributed by atoms with Gasteiger partial charge in [-0.25, -0.2) is 18.6 Å². The quantitative estimate of drug-likeness (QED) is 0.237. The van der Waals surface area contributed by atoms with Gasteiger partial charge in [-0.1, -0.05) is 29.3 Å². The molecule has 190 valence electrons. The van der Waals surface area contributed by atoms with Crippen LogP contribution in [0.25, 0.3) is 0 Å². The van der Waals surface area contributed by atoms with Gasteiger partial charge in [-0.3, -0.25) is 9.59 Å². The highest BCUT2D eigenvalue weighted by atomic mass is 35.5. The maximum Gasteiger partial charge on any atom is 0.417 e. The minimum Gasteiger partial charge on any atom is -0.459 e. The van der Waals surface area contributed by atoms with Crippen molar-refractivity contribution in [3.05, 3.63) is 82.3 Å². The Morgan fingerprint density at radius 3 is 2.42 bits per heavy atom. The van der Waals surface area contributed by atoms with E-state index in [-0.39, 0.29) is 28.6 Å². The van der Waals surface area contributed by atoms with Crippen molar-refractivity contribution >= 4 is 45.3 Å². The summed E-state index contributed by atoms with van der Waals surface area (Å²) in [7, 11) is -3.76. The van der Waals surface area contributed by atoms with E-state index in [4.69, 9.17) is 16.0 Å².